The average molecular weight is 356 g/mol. The predicted molar refractivity (Wildman–Crippen MR) is 93.4 cm³/mol. The standard InChI is InChI=1S/C19H20N2O5/c1-12-5-6-13(19(24)25-2)8-16(12)20-18(23)14-9-17(22)21(10-14)11-15-4-3-7-26-15/h3-8,14H,9-11H2,1-2H3,(H,20,23)/t14-/m0/s1. The van der Waals surface area contributed by atoms with Crippen LogP contribution in [-0.2, 0) is 20.9 Å². The molecule has 2 amide bonds. The first-order valence-corrected chi connectivity index (χ1v) is 8.28. The highest BCUT2D eigenvalue weighted by atomic mass is 16.5. The summed E-state index contributed by atoms with van der Waals surface area (Å²) in [5.41, 5.74) is 1.72. The van der Waals surface area contributed by atoms with Crippen LogP contribution in [0, 0.1) is 12.8 Å². The van der Waals surface area contributed by atoms with Gasteiger partial charge in [0.15, 0.2) is 0 Å². The number of carbonyl (C=O) groups is 3. The summed E-state index contributed by atoms with van der Waals surface area (Å²) < 4.78 is 9.96. The summed E-state index contributed by atoms with van der Waals surface area (Å²) in [5.74, 6) is -0.562. The molecule has 136 valence electrons. The summed E-state index contributed by atoms with van der Waals surface area (Å²) in [5, 5.41) is 2.82. The van der Waals surface area contributed by atoms with Gasteiger partial charge in [-0.05, 0) is 36.8 Å². The van der Waals surface area contributed by atoms with Crippen LogP contribution in [0.5, 0.6) is 0 Å². The first-order chi connectivity index (χ1) is 12.5. The Labute approximate surface area is 150 Å². The summed E-state index contributed by atoms with van der Waals surface area (Å²) in [4.78, 5) is 38.0. The summed E-state index contributed by atoms with van der Waals surface area (Å²) in [6.07, 6.45) is 1.71. The molecule has 1 aromatic heterocycles. The monoisotopic (exact) mass is 356 g/mol. The highest BCUT2D eigenvalue weighted by Crippen LogP contribution is 2.24. The van der Waals surface area contributed by atoms with Crippen molar-refractivity contribution >= 4 is 23.5 Å². The highest BCUT2D eigenvalue weighted by molar-refractivity contribution is 5.99. The second-order valence-electron chi connectivity index (χ2n) is 6.27. The maximum absolute atomic E-state index is 12.6. The topological polar surface area (TPSA) is 88.8 Å². The summed E-state index contributed by atoms with van der Waals surface area (Å²) >= 11 is 0. The van der Waals surface area contributed by atoms with Gasteiger partial charge in [-0.25, -0.2) is 4.79 Å². The molecule has 1 aliphatic rings. The number of ether oxygens (including phenoxy) is 1. The molecule has 0 bridgehead atoms. The molecule has 7 heteroatoms. The van der Waals surface area contributed by atoms with E-state index in [1.807, 2.05) is 6.92 Å². The van der Waals surface area contributed by atoms with Crippen molar-refractivity contribution in [3.05, 3.63) is 53.5 Å². The van der Waals surface area contributed by atoms with Crippen LogP contribution in [0.2, 0.25) is 0 Å². The number of nitrogens with zero attached hydrogens (tertiary/aromatic N) is 1. The second-order valence-corrected chi connectivity index (χ2v) is 6.27. The molecule has 1 saturated heterocycles. The summed E-state index contributed by atoms with van der Waals surface area (Å²) in [6, 6.07) is 8.52. The van der Waals surface area contributed by atoms with Crippen LogP contribution in [-0.4, -0.2) is 36.3 Å². The molecule has 3 rings (SSSR count). The van der Waals surface area contributed by atoms with Gasteiger partial charge in [0.1, 0.15) is 5.76 Å². The molecule has 26 heavy (non-hydrogen) atoms. The van der Waals surface area contributed by atoms with E-state index in [2.05, 4.69) is 5.32 Å². The number of hydrogen-bond donors (Lipinski definition) is 1. The smallest absolute Gasteiger partial charge is 0.337 e. The van der Waals surface area contributed by atoms with Gasteiger partial charge in [-0.1, -0.05) is 6.07 Å². The van der Waals surface area contributed by atoms with E-state index >= 15 is 0 Å². The van der Waals surface area contributed by atoms with Crippen molar-refractivity contribution in [1.82, 2.24) is 4.90 Å². The van der Waals surface area contributed by atoms with Crippen molar-refractivity contribution < 1.29 is 23.5 Å². The number of anilines is 1. The van der Waals surface area contributed by atoms with Crippen LogP contribution >= 0.6 is 0 Å². The first kappa shape index (κ1) is 17.7. The number of methoxy groups -OCH3 is 1. The lowest BCUT2D eigenvalue weighted by Crippen LogP contribution is -2.28. The third kappa shape index (κ3) is 3.77. The minimum absolute atomic E-state index is 0.0819. The maximum atomic E-state index is 12.6. The van der Waals surface area contributed by atoms with Crippen molar-refractivity contribution in [2.24, 2.45) is 5.92 Å². The van der Waals surface area contributed by atoms with Gasteiger partial charge in [0, 0.05) is 18.7 Å². The SMILES string of the molecule is COC(=O)c1ccc(C)c(NC(=O)[C@H]2CC(=O)N(Cc3ccco3)C2)c1. The molecular formula is C19H20N2O5. The molecule has 7 nitrogen and oxygen atoms in total. The molecule has 1 N–H and O–H groups in total. The van der Waals surface area contributed by atoms with Crippen LogP contribution in [0.4, 0.5) is 5.69 Å². The number of aryl methyl sites for hydroxylation is 1. The number of benzene rings is 1. The lowest BCUT2D eigenvalue weighted by atomic mass is 10.1. The molecular weight excluding hydrogens is 336 g/mol. The normalized spacial score (nSPS) is 16.6. The first-order valence-electron chi connectivity index (χ1n) is 8.28. The number of hydrogen-bond acceptors (Lipinski definition) is 5. The fourth-order valence-corrected chi connectivity index (χ4v) is 2.93. The zero-order valence-corrected chi connectivity index (χ0v) is 14.7. The average Bonchev–Trinajstić information content (AvgIpc) is 3.27. The number of carbonyl (C=O) groups excluding carboxylic acids is 3. The zero-order valence-electron chi connectivity index (χ0n) is 14.7. The fraction of sp³-hybridized carbons (Fsp3) is 0.316. The molecule has 2 heterocycles. The van der Waals surface area contributed by atoms with Crippen LogP contribution < -0.4 is 5.32 Å². The lowest BCUT2D eigenvalue weighted by molar-refractivity contribution is -0.128. The minimum atomic E-state index is -0.471. The Hall–Kier alpha value is -3.09. The Morgan fingerprint density at radius 2 is 2.15 bits per heavy atom. The molecule has 0 radical (unpaired) electrons. The van der Waals surface area contributed by atoms with Crippen LogP contribution in [0.3, 0.4) is 0 Å². The van der Waals surface area contributed by atoms with Crippen LogP contribution in [0.15, 0.2) is 41.0 Å². The Morgan fingerprint density at radius 1 is 1.35 bits per heavy atom. The van der Waals surface area contributed by atoms with Gasteiger partial charge in [0.2, 0.25) is 11.8 Å². The minimum Gasteiger partial charge on any atom is -0.467 e. The second kappa shape index (κ2) is 7.43. The third-order valence-electron chi connectivity index (χ3n) is 4.43. The quantitative estimate of drug-likeness (QED) is 0.831. The third-order valence-corrected chi connectivity index (χ3v) is 4.43. The van der Waals surface area contributed by atoms with E-state index in [1.165, 1.54) is 7.11 Å². The van der Waals surface area contributed by atoms with E-state index in [4.69, 9.17) is 9.15 Å². The van der Waals surface area contributed by atoms with Gasteiger partial charge >= 0.3 is 5.97 Å². The molecule has 1 aromatic carbocycles. The molecule has 1 atom stereocenters. The van der Waals surface area contributed by atoms with Crippen LogP contribution in [0.1, 0.15) is 28.1 Å². The van der Waals surface area contributed by atoms with E-state index in [9.17, 15) is 14.4 Å². The number of amides is 2. The van der Waals surface area contributed by atoms with Crippen molar-refractivity contribution in [3.8, 4) is 0 Å². The largest absolute Gasteiger partial charge is 0.467 e. The van der Waals surface area contributed by atoms with Gasteiger partial charge in [-0.15, -0.1) is 0 Å². The Bertz CT molecular complexity index is 828. The van der Waals surface area contributed by atoms with Crippen molar-refractivity contribution in [2.75, 3.05) is 19.0 Å². The number of esters is 1. The molecule has 1 fully saturated rings. The Kier molecular flexibility index (Phi) is 5.06. The molecule has 2 aromatic rings. The highest BCUT2D eigenvalue weighted by Gasteiger charge is 2.34. The molecule has 0 saturated carbocycles. The van der Waals surface area contributed by atoms with Gasteiger partial charge in [-0.3, -0.25) is 9.59 Å². The zero-order chi connectivity index (χ0) is 18.7. The predicted octanol–water partition coefficient (Wildman–Crippen LogP) is 2.36. The number of rotatable bonds is 5. The fourth-order valence-electron chi connectivity index (χ4n) is 2.93. The van der Waals surface area contributed by atoms with E-state index < -0.39 is 11.9 Å². The number of likely N-dealkylation sites (tertiary alicyclic amines) is 1. The lowest BCUT2D eigenvalue weighted by Gasteiger charge is -2.16. The Morgan fingerprint density at radius 3 is 2.85 bits per heavy atom. The van der Waals surface area contributed by atoms with Gasteiger partial charge in [0.25, 0.3) is 0 Å². The van der Waals surface area contributed by atoms with Crippen molar-refractivity contribution in [2.45, 2.75) is 19.9 Å². The number of nitrogens with one attached hydrogen (secondary N) is 1. The molecule has 0 unspecified atom stereocenters. The van der Waals surface area contributed by atoms with Gasteiger partial charge in [0.05, 0.1) is 31.4 Å². The van der Waals surface area contributed by atoms with E-state index in [0.29, 0.717) is 30.1 Å². The van der Waals surface area contributed by atoms with E-state index in [0.717, 1.165) is 5.56 Å². The van der Waals surface area contributed by atoms with Crippen molar-refractivity contribution in [1.29, 1.82) is 0 Å². The van der Waals surface area contributed by atoms with Gasteiger partial charge < -0.3 is 19.4 Å². The summed E-state index contributed by atoms with van der Waals surface area (Å²) in [7, 11) is 1.30. The Balaban J connectivity index is 1.67. The molecule has 1 aliphatic heterocycles. The van der Waals surface area contributed by atoms with E-state index in [-0.39, 0.29) is 18.2 Å². The van der Waals surface area contributed by atoms with Crippen LogP contribution in [0.25, 0.3) is 0 Å². The van der Waals surface area contributed by atoms with Crippen molar-refractivity contribution in [3.63, 3.8) is 0 Å². The summed E-state index contributed by atoms with van der Waals surface area (Å²) in [6.45, 7) is 2.52. The molecule has 0 aliphatic carbocycles. The number of furan rings is 1. The molecule has 0 spiro atoms. The van der Waals surface area contributed by atoms with E-state index in [1.54, 1.807) is 41.5 Å². The van der Waals surface area contributed by atoms with Gasteiger partial charge in [-0.2, -0.15) is 0 Å². The maximum Gasteiger partial charge on any atom is 0.337 e.